The fraction of sp³-hybridized carbons (Fsp3) is 0.882. The predicted octanol–water partition coefficient (Wildman–Crippen LogP) is 0.0460. The lowest BCUT2D eigenvalue weighted by Crippen LogP contribution is -2.55. The molecule has 7 nitrogen and oxygen atoms in total. The Bertz CT molecular complexity index is 457. The minimum Gasteiger partial charge on any atom is -0.393 e. The number of nitrogens with one attached hydrogen (secondary N) is 1. The normalized spacial score (nSPS) is 31.6. The number of aliphatic hydroxyl groups is 1. The summed E-state index contributed by atoms with van der Waals surface area (Å²) >= 11 is 0. The van der Waals surface area contributed by atoms with E-state index in [9.17, 15) is 9.90 Å². The Balaban J connectivity index is 1.44. The molecule has 7 heteroatoms. The van der Waals surface area contributed by atoms with E-state index >= 15 is 0 Å². The average molecular weight is 338 g/mol. The van der Waals surface area contributed by atoms with Crippen LogP contribution in [0.15, 0.2) is 4.99 Å². The lowest BCUT2D eigenvalue weighted by atomic mass is 10.1. The minimum atomic E-state index is -0.224. The van der Waals surface area contributed by atoms with Gasteiger partial charge in [-0.1, -0.05) is 6.42 Å². The van der Waals surface area contributed by atoms with Crippen LogP contribution in [0, 0.1) is 5.92 Å². The number of hydrogen-bond donors (Lipinski definition) is 2. The van der Waals surface area contributed by atoms with Crippen molar-refractivity contribution in [1.82, 2.24) is 15.1 Å². The Kier molecular flexibility index (Phi) is 5.94. The molecule has 136 valence electrons. The average Bonchev–Trinajstić information content (AvgIpc) is 3.27. The predicted molar refractivity (Wildman–Crippen MR) is 91.8 cm³/mol. The van der Waals surface area contributed by atoms with Crippen LogP contribution < -0.4 is 5.32 Å². The number of ether oxygens (including phenoxy) is 1. The van der Waals surface area contributed by atoms with Gasteiger partial charge < -0.3 is 25.0 Å². The molecule has 0 radical (unpaired) electrons. The van der Waals surface area contributed by atoms with Gasteiger partial charge in [-0.05, 0) is 25.7 Å². The van der Waals surface area contributed by atoms with E-state index in [1.807, 2.05) is 4.90 Å². The number of hydrogen-bond acceptors (Lipinski definition) is 4. The topological polar surface area (TPSA) is 77.4 Å². The highest BCUT2D eigenvalue weighted by atomic mass is 16.5. The Labute approximate surface area is 144 Å². The van der Waals surface area contributed by atoms with Crippen LogP contribution in [0.4, 0.5) is 0 Å². The molecular weight excluding hydrogens is 308 g/mol. The molecule has 2 saturated heterocycles. The maximum atomic E-state index is 12.4. The molecule has 3 aliphatic rings. The summed E-state index contributed by atoms with van der Waals surface area (Å²) in [6.45, 7) is 4.47. The van der Waals surface area contributed by atoms with Gasteiger partial charge in [0.05, 0.1) is 6.10 Å². The van der Waals surface area contributed by atoms with Crippen LogP contribution in [0.25, 0.3) is 0 Å². The minimum absolute atomic E-state index is 0.143. The summed E-state index contributed by atoms with van der Waals surface area (Å²) in [6, 6.07) is 0. The van der Waals surface area contributed by atoms with Gasteiger partial charge in [0.2, 0.25) is 0 Å². The first-order valence-electron chi connectivity index (χ1n) is 9.23. The van der Waals surface area contributed by atoms with E-state index in [0.29, 0.717) is 25.6 Å². The number of nitrogens with zero attached hydrogens (tertiary/aromatic N) is 3. The monoisotopic (exact) mass is 338 g/mol. The van der Waals surface area contributed by atoms with E-state index < -0.39 is 0 Å². The number of rotatable bonds is 3. The van der Waals surface area contributed by atoms with E-state index in [4.69, 9.17) is 4.74 Å². The van der Waals surface area contributed by atoms with Gasteiger partial charge in [-0.15, -0.1) is 0 Å². The zero-order valence-electron chi connectivity index (χ0n) is 14.6. The van der Waals surface area contributed by atoms with Crippen LogP contribution >= 0.6 is 0 Å². The molecule has 3 atom stereocenters. The summed E-state index contributed by atoms with van der Waals surface area (Å²) in [7, 11) is 1.79. The quantitative estimate of drug-likeness (QED) is 0.561. The van der Waals surface area contributed by atoms with Gasteiger partial charge in [0, 0.05) is 52.3 Å². The molecule has 3 fully saturated rings. The highest BCUT2D eigenvalue weighted by molar-refractivity contribution is 5.82. The molecule has 0 aromatic carbocycles. The van der Waals surface area contributed by atoms with Crippen molar-refractivity contribution >= 4 is 11.9 Å². The summed E-state index contributed by atoms with van der Waals surface area (Å²) in [5.41, 5.74) is 0. The Morgan fingerprint density at radius 2 is 1.92 bits per heavy atom. The Hall–Kier alpha value is -1.34. The van der Waals surface area contributed by atoms with Gasteiger partial charge in [-0.3, -0.25) is 9.79 Å². The zero-order chi connectivity index (χ0) is 16.9. The van der Waals surface area contributed by atoms with Crippen LogP contribution in [0.1, 0.15) is 32.1 Å². The zero-order valence-corrected chi connectivity index (χ0v) is 14.6. The first-order chi connectivity index (χ1) is 11.7. The molecule has 0 aromatic heterocycles. The van der Waals surface area contributed by atoms with Crippen molar-refractivity contribution in [2.24, 2.45) is 10.9 Å². The van der Waals surface area contributed by atoms with Gasteiger partial charge in [-0.2, -0.15) is 0 Å². The molecule has 0 aromatic rings. The van der Waals surface area contributed by atoms with Crippen molar-refractivity contribution in [2.45, 2.75) is 44.3 Å². The van der Waals surface area contributed by atoms with Gasteiger partial charge in [0.15, 0.2) is 5.96 Å². The lowest BCUT2D eigenvalue weighted by molar-refractivity contribution is -0.142. The number of aliphatic hydroxyl groups excluding tert-OH is 1. The molecule has 3 unspecified atom stereocenters. The molecule has 1 amide bonds. The summed E-state index contributed by atoms with van der Waals surface area (Å²) in [5.74, 6) is 1.34. The molecule has 0 bridgehead atoms. The lowest BCUT2D eigenvalue weighted by Gasteiger charge is -2.37. The fourth-order valence-electron chi connectivity index (χ4n) is 3.92. The highest BCUT2D eigenvalue weighted by Crippen LogP contribution is 2.24. The van der Waals surface area contributed by atoms with Crippen molar-refractivity contribution in [3.8, 4) is 0 Å². The summed E-state index contributed by atoms with van der Waals surface area (Å²) in [6.07, 6.45) is 4.53. The second kappa shape index (κ2) is 8.16. The van der Waals surface area contributed by atoms with Crippen molar-refractivity contribution in [3.05, 3.63) is 0 Å². The van der Waals surface area contributed by atoms with Crippen molar-refractivity contribution in [2.75, 3.05) is 46.4 Å². The third kappa shape index (κ3) is 4.00. The number of aliphatic imine (C=N–C) groups is 1. The highest BCUT2D eigenvalue weighted by Gasteiger charge is 2.31. The molecule has 2 heterocycles. The van der Waals surface area contributed by atoms with Crippen molar-refractivity contribution in [1.29, 1.82) is 0 Å². The van der Waals surface area contributed by atoms with Crippen LogP contribution in [0.5, 0.6) is 0 Å². The number of carbonyl (C=O) groups is 1. The van der Waals surface area contributed by atoms with Crippen LogP contribution in [-0.4, -0.2) is 85.4 Å². The maximum absolute atomic E-state index is 12.4. The van der Waals surface area contributed by atoms with E-state index in [-0.39, 0.29) is 18.1 Å². The van der Waals surface area contributed by atoms with Crippen LogP contribution in [0.2, 0.25) is 0 Å². The van der Waals surface area contributed by atoms with Crippen molar-refractivity contribution < 1.29 is 14.6 Å². The van der Waals surface area contributed by atoms with Gasteiger partial charge in [-0.25, -0.2) is 0 Å². The van der Waals surface area contributed by atoms with E-state index in [1.54, 1.807) is 7.05 Å². The SMILES string of the molecule is CN=C(NCC1CCCC1O)N1CCN(C(=O)C2CCCO2)CC1. The van der Waals surface area contributed by atoms with Crippen molar-refractivity contribution in [3.63, 3.8) is 0 Å². The number of amides is 1. The largest absolute Gasteiger partial charge is 0.393 e. The molecule has 2 aliphatic heterocycles. The maximum Gasteiger partial charge on any atom is 0.251 e. The molecule has 24 heavy (non-hydrogen) atoms. The molecule has 1 saturated carbocycles. The van der Waals surface area contributed by atoms with E-state index in [2.05, 4.69) is 15.2 Å². The summed E-state index contributed by atoms with van der Waals surface area (Å²) < 4.78 is 5.50. The number of piperazine rings is 1. The fourth-order valence-corrected chi connectivity index (χ4v) is 3.92. The Morgan fingerprint density at radius 1 is 1.17 bits per heavy atom. The molecule has 1 aliphatic carbocycles. The molecular formula is C17H30N4O3. The smallest absolute Gasteiger partial charge is 0.251 e. The van der Waals surface area contributed by atoms with E-state index in [1.165, 1.54) is 0 Å². The van der Waals surface area contributed by atoms with Crippen LogP contribution in [-0.2, 0) is 9.53 Å². The summed E-state index contributed by atoms with van der Waals surface area (Å²) in [5, 5.41) is 13.3. The first kappa shape index (κ1) is 17.5. The Morgan fingerprint density at radius 3 is 2.50 bits per heavy atom. The molecule has 2 N–H and O–H groups in total. The summed E-state index contributed by atoms with van der Waals surface area (Å²) in [4.78, 5) is 20.9. The standard InChI is InChI=1S/C17H30N4O3/c1-18-17(19-12-13-4-2-5-14(13)22)21-9-7-20(8-10-21)16(23)15-6-3-11-24-15/h13-15,22H,2-12H2,1H3,(H,18,19). The van der Waals surface area contributed by atoms with Gasteiger partial charge >= 0.3 is 0 Å². The third-order valence-electron chi connectivity index (χ3n) is 5.45. The number of guanidine groups is 1. The number of carbonyl (C=O) groups excluding carboxylic acids is 1. The second-order valence-electron chi connectivity index (χ2n) is 7.00. The molecule has 0 spiro atoms. The third-order valence-corrected chi connectivity index (χ3v) is 5.45. The second-order valence-corrected chi connectivity index (χ2v) is 7.00. The molecule has 3 rings (SSSR count). The van der Waals surface area contributed by atoms with Gasteiger partial charge in [0.25, 0.3) is 5.91 Å². The van der Waals surface area contributed by atoms with Crippen LogP contribution in [0.3, 0.4) is 0 Å². The first-order valence-corrected chi connectivity index (χ1v) is 9.23. The van der Waals surface area contributed by atoms with E-state index in [0.717, 1.165) is 57.7 Å². The van der Waals surface area contributed by atoms with Gasteiger partial charge in [0.1, 0.15) is 6.10 Å².